The van der Waals surface area contributed by atoms with Gasteiger partial charge < -0.3 is 5.32 Å². The highest BCUT2D eigenvalue weighted by molar-refractivity contribution is 5.90. The molecule has 31 heavy (non-hydrogen) atoms. The molecule has 0 saturated carbocycles. The molecule has 0 unspecified atom stereocenters. The number of rotatable bonds is 5. The van der Waals surface area contributed by atoms with Gasteiger partial charge in [0.25, 0.3) is 5.56 Å². The number of carbonyl (C=O) groups is 1. The fourth-order valence-corrected chi connectivity index (χ4v) is 3.27. The van der Waals surface area contributed by atoms with E-state index in [1.165, 1.54) is 34.9 Å². The minimum atomic E-state index is -0.439. The van der Waals surface area contributed by atoms with E-state index in [2.05, 4.69) is 15.4 Å². The Labute approximate surface area is 177 Å². The summed E-state index contributed by atoms with van der Waals surface area (Å²) in [6.07, 6.45) is 0. The Balaban J connectivity index is 1.75. The largest absolute Gasteiger partial charge is 0.325 e. The Hall–Kier alpha value is -4.07. The zero-order chi connectivity index (χ0) is 22.0. The molecule has 7 nitrogen and oxygen atoms in total. The normalized spacial score (nSPS) is 10.8. The van der Waals surface area contributed by atoms with E-state index in [1.807, 2.05) is 50.2 Å². The van der Waals surface area contributed by atoms with Crippen LogP contribution in [0.4, 0.5) is 10.1 Å². The Bertz CT molecular complexity index is 1290. The number of anilines is 1. The quantitative estimate of drug-likeness (QED) is 0.539. The second-order valence-electron chi connectivity index (χ2n) is 7.13. The Morgan fingerprint density at radius 1 is 1.03 bits per heavy atom. The first-order chi connectivity index (χ1) is 14.9. The molecular weight excluding hydrogens is 397 g/mol. The smallest absolute Gasteiger partial charge is 0.256 e. The molecule has 0 aliphatic rings. The molecule has 2 heterocycles. The second-order valence-corrected chi connectivity index (χ2v) is 7.13. The van der Waals surface area contributed by atoms with Crippen LogP contribution in [-0.2, 0) is 11.3 Å². The minimum absolute atomic E-state index is 0.242. The lowest BCUT2D eigenvalue weighted by Crippen LogP contribution is -2.31. The average Bonchev–Trinajstić information content (AvgIpc) is 3.09. The molecule has 0 saturated heterocycles. The van der Waals surface area contributed by atoms with Crippen LogP contribution in [-0.4, -0.2) is 25.2 Å². The van der Waals surface area contributed by atoms with Gasteiger partial charge in [-0.05, 0) is 44.2 Å². The zero-order valence-corrected chi connectivity index (χ0v) is 17.0. The first kappa shape index (κ1) is 20.2. The lowest BCUT2D eigenvalue weighted by atomic mass is 10.1. The van der Waals surface area contributed by atoms with Gasteiger partial charge in [-0.3, -0.25) is 14.2 Å². The van der Waals surface area contributed by atoms with Crippen molar-refractivity contribution in [3.05, 3.63) is 94.3 Å². The van der Waals surface area contributed by atoms with E-state index in [0.29, 0.717) is 11.4 Å². The monoisotopic (exact) mass is 417 g/mol. The molecular formula is C23H20FN5O2. The van der Waals surface area contributed by atoms with Crippen LogP contribution in [0.3, 0.4) is 0 Å². The molecule has 2 aromatic heterocycles. The molecule has 8 heteroatoms. The third kappa shape index (κ3) is 4.42. The molecule has 2 aromatic carbocycles. The lowest BCUT2D eigenvalue weighted by Gasteiger charge is -2.14. The molecule has 0 aliphatic heterocycles. The van der Waals surface area contributed by atoms with Crippen molar-refractivity contribution in [2.75, 3.05) is 5.32 Å². The van der Waals surface area contributed by atoms with E-state index in [9.17, 15) is 14.0 Å². The van der Waals surface area contributed by atoms with Crippen LogP contribution >= 0.6 is 0 Å². The third-order valence-electron chi connectivity index (χ3n) is 4.69. The fraction of sp³-hybridized carbons (Fsp3) is 0.130. The summed E-state index contributed by atoms with van der Waals surface area (Å²) in [5.41, 5.74) is 2.86. The number of nitrogens with zero attached hydrogens (tertiary/aromatic N) is 4. The summed E-state index contributed by atoms with van der Waals surface area (Å²) in [7, 11) is 0. The van der Waals surface area contributed by atoms with E-state index in [1.54, 1.807) is 4.68 Å². The van der Waals surface area contributed by atoms with Gasteiger partial charge in [0.05, 0.1) is 11.4 Å². The predicted molar refractivity (Wildman–Crippen MR) is 116 cm³/mol. The number of halogens is 1. The molecule has 0 aliphatic carbocycles. The highest BCUT2D eigenvalue weighted by Gasteiger charge is 2.17. The van der Waals surface area contributed by atoms with Gasteiger partial charge in [0.2, 0.25) is 11.9 Å². The maximum atomic E-state index is 13.1. The summed E-state index contributed by atoms with van der Waals surface area (Å²) in [5, 5.41) is 7.11. The van der Waals surface area contributed by atoms with Crippen LogP contribution < -0.4 is 10.9 Å². The highest BCUT2D eigenvalue weighted by atomic mass is 19.1. The van der Waals surface area contributed by atoms with Crippen molar-refractivity contribution in [2.24, 2.45) is 0 Å². The molecule has 1 amide bonds. The van der Waals surface area contributed by atoms with Gasteiger partial charge >= 0.3 is 0 Å². The average molecular weight is 417 g/mol. The third-order valence-corrected chi connectivity index (χ3v) is 4.69. The molecule has 1 N–H and O–H groups in total. The molecule has 0 fully saturated rings. The molecule has 0 atom stereocenters. The molecule has 0 bridgehead atoms. The van der Waals surface area contributed by atoms with Gasteiger partial charge in [-0.2, -0.15) is 5.10 Å². The molecule has 0 spiro atoms. The SMILES string of the molecule is Cc1cc(C)n(-c2nc(-c3ccccc3)cc(=O)n2CC(=O)Nc2ccc(F)cc2)n1. The molecule has 4 aromatic rings. The van der Waals surface area contributed by atoms with E-state index >= 15 is 0 Å². The van der Waals surface area contributed by atoms with Gasteiger partial charge in [-0.15, -0.1) is 0 Å². The van der Waals surface area contributed by atoms with Crippen LogP contribution in [0, 0.1) is 19.7 Å². The summed E-state index contributed by atoms with van der Waals surface area (Å²) in [4.78, 5) is 30.3. The zero-order valence-electron chi connectivity index (χ0n) is 17.0. The van der Waals surface area contributed by atoms with Gasteiger partial charge in [0.1, 0.15) is 12.4 Å². The standard InChI is InChI=1S/C23H20FN5O2/c1-15-12-16(2)29(27-15)23-26-20(17-6-4-3-5-7-17)13-22(31)28(23)14-21(30)25-19-10-8-18(24)9-11-19/h3-13H,14H2,1-2H3,(H,25,30). The summed E-state index contributed by atoms with van der Waals surface area (Å²) < 4.78 is 15.9. The Morgan fingerprint density at radius 2 is 1.74 bits per heavy atom. The number of hydrogen-bond acceptors (Lipinski definition) is 4. The van der Waals surface area contributed by atoms with Crippen molar-refractivity contribution in [3.8, 4) is 17.2 Å². The summed E-state index contributed by atoms with van der Waals surface area (Å²) >= 11 is 0. The van der Waals surface area contributed by atoms with Gasteiger partial charge in [0, 0.05) is 23.0 Å². The summed E-state index contributed by atoms with van der Waals surface area (Å²) in [6.45, 7) is 3.42. The number of aryl methyl sites for hydroxylation is 2. The van der Waals surface area contributed by atoms with Crippen LogP contribution in [0.25, 0.3) is 17.2 Å². The van der Waals surface area contributed by atoms with Crippen molar-refractivity contribution >= 4 is 11.6 Å². The predicted octanol–water partition coefficient (Wildman–Crippen LogP) is 3.49. The van der Waals surface area contributed by atoms with Gasteiger partial charge in [-0.1, -0.05) is 30.3 Å². The first-order valence-electron chi connectivity index (χ1n) is 9.67. The number of benzene rings is 2. The molecule has 0 radical (unpaired) electrons. The van der Waals surface area contributed by atoms with Crippen molar-refractivity contribution in [1.29, 1.82) is 0 Å². The number of nitrogens with one attached hydrogen (secondary N) is 1. The Kier molecular flexibility index (Phi) is 5.44. The number of carbonyl (C=O) groups excluding carboxylic acids is 1. The van der Waals surface area contributed by atoms with E-state index in [0.717, 1.165) is 17.0 Å². The van der Waals surface area contributed by atoms with Crippen LogP contribution in [0.1, 0.15) is 11.4 Å². The van der Waals surface area contributed by atoms with Crippen molar-refractivity contribution < 1.29 is 9.18 Å². The van der Waals surface area contributed by atoms with Crippen LogP contribution in [0.2, 0.25) is 0 Å². The van der Waals surface area contributed by atoms with Crippen LogP contribution in [0.5, 0.6) is 0 Å². The molecule has 4 rings (SSSR count). The Morgan fingerprint density at radius 3 is 2.39 bits per heavy atom. The number of hydrogen-bond donors (Lipinski definition) is 1. The lowest BCUT2D eigenvalue weighted by molar-refractivity contribution is -0.116. The maximum Gasteiger partial charge on any atom is 0.256 e. The number of aromatic nitrogens is 4. The fourth-order valence-electron chi connectivity index (χ4n) is 3.27. The second kappa shape index (κ2) is 8.35. The van der Waals surface area contributed by atoms with Crippen molar-refractivity contribution in [3.63, 3.8) is 0 Å². The van der Waals surface area contributed by atoms with Crippen molar-refractivity contribution in [1.82, 2.24) is 19.3 Å². The first-order valence-corrected chi connectivity index (χ1v) is 9.67. The molecule has 156 valence electrons. The summed E-state index contributed by atoms with van der Waals surface area (Å²) in [5.74, 6) is -0.598. The van der Waals surface area contributed by atoms with Crippen LogP contribution in [0.15, 0.2) is 71.5 Å². The van der Waals surface area contributed by atoms with Gasteiger partial charge in [-0.25, -0.2) is 14.1 Å². The van der Waals surface area contributed by atoms with E-state index in [4.69, 9.17) is 0 Å². The van der Waals surface area contributed by atoms with E-state index in [-0.39, 0.29) is 18.1 Å². The topological polar surface area (TPSA) is 81.8 Å². The van der Waals surface area contributed by atoms with Gasteiger partial charge in [0.15, 0.2) is 0 Å². The minimum Gasteiger partial charge on any atom is -0.325 e. The summed E-state index contributed by atoms with van der Waals surface area (Å²) in [6, 6.07) is 18.0. The highest BCUT2D eigenvalue weighted by Crippen LogP contribution is 2.18. The number of amides is 1. The van der Waals surface area contributed by atoms with E-state index < -0.39 is 11.7 Å². The maximum absolute atomic E-state index is 13.1. The van der Waals surface area contributed by atoms with Crippen molar-refractivity contribution in [2.45, 2.75) is 20.4 Å².